The number of thioether (sulfide) groups is 1. The van der Waals surface area contributed by atoms with Gasteiger partial charge in [-0.2, -0.15) is 11.8 Å². The Labute approximate surface area is 122 Å². The van der Waals surface area contributed by atoms with Gasteiger partial charge >= 0.3 is 0 Å². The van der Waals surface area contributed by atoms with Crippen molar-refractivity contribution in [2.45, 2.75) is 45.3 Å². The molecule has 1 unspecified atom stereocenters. The fourth-order valence-corrected chi connectivity index (χ4v) is 3.08. The molecule has 4 heteroatoms. The lowest BCUT2D eigenvalue weighted by molar-refractivity contribution is 0.0769. The standard InChI is InChI=1S/C15H30N2OS/c1-13(2)5-8-17-9-6-14(7-10-17)16-11-15(3,18)12-19-4/h5,14,16,18H,6-12H2,1-4H3. The zero-order chi connectivity index (χ0) is 14.3. The Hall–Kier alpha value is -0.0300. The molecule has 1 atom stereocenters. The molecule has 1 aliphatic rings. The number of hydrogen-bond acceptors (Lipinski definition) is 4. The van der Waals surface area contributed by atoms with E-state index in [2.05, 4.69) is 30.1 Å². The van der Waals surface area contributed by atoms with Gasteiger partial charge in [-0.3, -0.25) is 4.90 Å². The molecule has 0 aromatic carbocycles. The van der Waals surface area contributed by atoms with Crippen LogP contribution < -0.4 is 5.32 Å². The molecule has 3 nitrogen and oxygen atoms in total. The number of likely N-dealkylation sites (tertiary alicyclic amines) is 1. The number of allylic oxidation sites excluding steroid dienone is 1. The summed E-state index contributed by atoms with van der Waals surface area (Å²) in [5, 5.41) is 13.7. The SMILES string of the molecule is CSCC(C)(O)CNC1CCN(CC=C(C)C)CC1. The van der Waals surface area contributed by atoms with Crippen molar-refractivity contribution in [1.29, 1.82) is 0 Å². The van der Waals surface area contributed by atoms with Crippen LogP contribution in [-0.4, -0.2) is 59.8 Å². The fourth-order valence-electron chi connectivity index (χ4n) is 2.36. The lowest BCUT2D eigenvalue weighted by Gasteiger charge is -2.33. The van der Waals surface area contributed by atoms with Crippen LogP contribution in [0.5, 0.6) is 0 Å². The Kier molecular flexibility index (Phi) is 7.44. The Morgan fingerprint density at radius 3 is 2.58 bits per heavy atom. The van der Waals surface area contributed by atoms with Crippen LogP contribution in [0.4, 0.5) is 0 Å². The number of hydrogen-bond donors (Lipinski definition) is 2. The van der Waals surface area contributed by atoms with Gasteiger partial charge in [-0.15, -0.1) is 0 Å². The summed E-state index contributed by atoms with van der Waals surface area (Å²) in [5.41, 5.74) is 0.812. The minimum atomic E-state index is -0.585. The van der Waals surface area contributed by atoms with Crippen LogP contribution >= 0.6 is 11.8 Å². The molecule has 0 spiro atoms. The van der Waals surface area contributed by atoms with Crippen LogP contribution in [0.3, 0.4) is 0 Å². The van der Waals surface area contributed by atoms with Crippen molar-refractivity contribution in [3.8, 4) is 0 Å². The van der Waals surface area contributed by atoms with Crippen LogP contribution in [0, 0.1) is 0 Å². The van der Waals surface area contributed by atoms with Crippen molar-refractivity contribution < 1.29 is 5.11 Å². The van der Waals surface area contributed by atoms with E-state index >= 15 is 0 Å². The van der Waals surface area contributed by atoms with E-state index in [1.807, 2.05) is 13.2 Å². The molecule has 112 valence electrons. The molecule has 1 heterocycles. The summed E-state index contributed by atoms with van der Waals surface area (Å²) in [6, 6.07) is 0.566. The van der Waals surface area contributed by atoms with Gasteiger partial charge in [-0.25, -0.2) is 0 Å². The Morgan fingerprint density at radius 1 is 1.42 bits per heavy atom. The molecule has 0 saturated carbocycles. The van der Waals surface area contributed by atoms with Gasteiger partial charge in [0.25, 0.3) is 0 Å². The second kappa shape index (κ2) is 8.30. The summed E-state index contributed by atoms with van der Waals surface area (Å²) in [6.45, 7) is 10.3. The van der Waals surface area contributed by atoms with E-state index in [4.69, 9.17) is 0 Å². The third-order valence-electron chi connectivity index (χ3n) is 3.57. The topological polar surface area (TPSA) is 35.5 Å². The summed E-state index contributed by atoms with van der Waals surface area (Å²) in [4.78, 5) is 2.51. The van der Waals surface area contributed by atoms with E-state index in [1.165, 1.54) is 18.4 Å². The summed E-state index contributed by atoms with van der Waals surface area (Å²) < 4.78 is 0. The average molecular weight is 286 g/mol. The highest BCUT2D eigenvalue weighted by Gasteiger charge is 2.23. The summed E-state index contributed by atoms with van der Waals surface area (Å²) >= 11 is 1.70. The minimum absolute atomic E-state index is 0.566. The molecule has 0 aliphatic carbocycles. The highest BCUT2D eigenvalue weighted by molar-refractivity contribution is 7.98. The highest BCUT2D eigenvalue weighted by atomic mass is 32.2. The zero-order valence-corrected chi connectivity index (χ0v) is 13.7. The third-order valence-corrected chi connectivity index (χ3v) is 4.48. The molecule has 1 fully saturated rings. The lowest BCUT2D eigenvalue weighted by Crippen LogP contribution is -2.48. The van der Waals surface area contributed by atoms with Gasteiger partial charge in [0.1, 0.15) is 0 Å². The van der Waals surface area contributed by atoms with Gasteiger partial charge in [0.2, 0.25) is 0 Å². The largest absolute Gasteiger partial charge is 0.388 e. The van der Waals surface area contributed by atoms with Gasteiger partial charge in [0, 0.05) is 24.9 Å². The molecule has 0 aromatic heterocycles. The van der Waals surface area contributed by atoms with Gasteiger partial charge in [-0.1, -0.05) is 11.6 Å². The van der Waals surface area contributed by atoms with Gasteiger partial charge in [-0.05, 0) is 53.0 Å². The molecule has 0 bridgehead atoms. The van der Waals surface area contributed by atoms with Crippen molar-refractivity contribution in [2.24, 2.45) is 0 Å². The molecular weight excluding hydrogens is 256 g/mol. The number of nitrogens with zero attached hydrogens (tertiary/aromatic N) is 1. The lowest BCUT2D eigenvalue weighted by atomic mass is 10.0. The molecule has 2 N–H and O–H groups in total. The van der Waals surface area contributed by atoms with Crippen LogP contribution in [0.15, 0.2) is 11.6 Å². The van der Waals surface area contributed by atoms with Crippen molar-refractivity contribution in [2.75, 3.05) is 38.2 Å². The molecule has 0 amide bonds. The van der Waals surface area contributed by atoms with Crippen LogP contribution in [-0.2, 0) is 0 Å². The Balaban J connectivity index is 2.21. The molecule has 0 radical (unpaired) electrons. The summed E-state index contributed by atoms with van der Waals surface area (Å²) in [6.07, 6.45) is 6.71. The predicted octanol–water partition coefficient (Wildman–Crippen LogP) is 2.12. The van der Waals surface area contributed by atoms with Crippen molar-refractivity contribution in [1.82, 2.24) is 10.2 Å². The van der Waals surface area contributed by atoms with E-state index < -0.39 is 5.60 Å². The molecule has 1 saturated heterocycles. The Morgan fingerprint density at radius 2 is 2.05 bits per heavy atom. The quantitative estimate of drug-likeness (QED) is 0.703. The monoisotopic (exact) mass is 286 g/mol. The second-order valence-corrected chi connectivity index (χ2v) is 7.03. The molecule has 1 rings (SSSR count). The second-order valence-electron chi connectivity index (χ2n) is 6.17. The van der Waals surface area contributed by atoms with E-state index in [0.29, 0.717) is 12.6 Å². The fraction of sp³-hybridized carbons (Fsp3) is 0.867. The van der Waals surface area contributed by atoms with Gasteiger partial charge < -0.3 is 10.4 Å². The normalized spacial score (nSPS) is 21.1. The maximum atomic E-state index is 10.1. The highest BCUT2D eigenvalue weighted by Crippen LogP contribution is 2.13. The van der Waals surface area contributed by atoms with E-state index in [-0.39, 0.29) is 0 Å². The number of piperidine rings is 1. The Bertz CT molecular complexity index is 280. The van der Waals surface area contributed by atoms with Crippen molar-refractivity contribution >= 4 is 11.8 Å². The van der Waals surface area contributed by atoms with Crippen LogP contribution in [0.1, 0.15) is 33.6 Å². The maximum Gasteiger partial charge on any atom is 0.0833 e. The smallest absolute Gasteiger partial charge is 0.0833 e. The number of nitrogens with one attached hydrogen (secondary N) is 1. The summed E-state index contributed by atoms with van der Waals surface area (Å²) in [7, 11) is 0. The zero-order valence-electron chi connectivity index (χ0n) is 12.9. The number of aliphatic hydroxyl groups is 1. The van der Waals surface area contributed by atoms with Gasteiger partial charge in [0.05, 0.1) is 5.60 Å². The molecule has 19 heavy (non-hydrogen) atoms. The van der Waals surface area contributed by atoms with Crippen molar-refractivity contribution in [3.63, 3.8) is 0 Å². The van der Waals surface area contributed by atoms with Crippen LogP contribution in [0.25, 0.3) is 0 Å². The van der Waals surface area contributed by atoms with Gasteiger partial charge in [0.15, 0.2) is 0 Å². The summed E-state index contributed by atoms with van der Waals surface area (Å²) in [5.74, 6) is 0.791. The first kappa shape index (κ1) is 17.0. The maximum absolute atomic E-state index is 10.1. The van der Waals surface area contributed by atoms with E-state index in [1.54, 1.807) is 11.8 Å². The minimum Gasteiger partial charge on any atom is -0.388 e. The van der Waals surface area contributed by atoms with Crippen molar-refractivity contribution in [3.05, 3.63) is 11.6 Å². The first-order valence-corrected chi connectivity index (χ1v) is 8.63. The average Bonchev–Trinajstić information content (AvgIpc) is 2.35. The van der Waals surface area contributed by atoms with Crippen LogP contribution in [0.2, 0.25) is 0 Å². The molecular formula is C15H30N2OS. The van der Waals surface area contributed by atoms with E-state index in [9.17, 15) is 5.11 Å². The third kappa shape index (κ3) is 7.35. The first-order chi connectivity index (χ1) is 8.93. The number of rotatable bonds is 7. The predicted molar refractivity (Wildman–Crippen MR) is 85.9 cm³/mol. The first-order valence-electron chi connectivity index (χ1n) is 7.23. The molecule has 0 aromatic rings. The molecule has 1 aliphatic heterocycles. The van der Waals surface area contributed by atoms with E-state index in [0.717, 1.165) is 25.4 Å².